The molecular formula is C10H8N4O2. The van der Waals surface area contributed by atoms with Gasteiger partial charge in [-0.1, -0.05) is 0 Å². The molecule has 1 atom stereocenters. The van der Waals surface area contributed by atoms with E-state index in [9.17, 15) is 9.90 Å². The highest BCUT2D eigenvalue weighted by molar-refractivity contribution is 6.31. The Morgan fingerprint density at radius 3 is 2.50 bits per heavy atom. The Kier molecular flexibility index (Phi) is 1.70. The molecule has 80 valence electrons. The molecule has 0 radical (unpaired) electrons. The van der Waals surface area contributed by atoms with Gasteiger partial charge in [-0.3, -0.25) is 4.79 Å². The topological polar surface area (TPSA) is 94.7 Å². The molecule has 0 fully saturated rings. The van der Waals surface area contributed by atoms with Gasteiger partial charge in [0.15, 0.2) is 5.78 Å². The second-order valence-corrected chi connectivity index (χ2v) is 3.53. The lowest BCUT2D eigenvalue weighted by Crippen LogP contribution is -2.28. The summed E-state index contributed by atoms with van der Waals surface area (Å²) in [6, 6.07) is 0. The molecule has 2 aromatic rings. The fourth-order valence-electron chi connectivity index (χ4n) is 1.84. The second-order valence-electron chi connectivity index (χ2n) is 3.53. The molecule has 1 aliphatic rings. The van der Waals surface area contributed by atoms with Gasteiger partial charge < -0.3 is 15.1 Å². The number of rotatable bonds is 2. The number of carbonyl (C=O) groups is 1. The van der Waals surface area contributed by atoms with Crippen molar-refractivity contribution >= 4 is 11.4 Å². The van der Waals surface area contributed by atoms with Crippen LogP contribution in [0.25, 0.3) is 5.57 Å². The number of nitrogens with one attached hydrogen (secondary N) is 2. The molecule has 0 aromatic carbocycles. The number of Topliss-reactive ketones (excluding diaryl/α,β-unsaturated/α-hetero) is 1. The van der Waals surface area contributed by atoms with E-state index in [-0.39, 0.29) is 11.5 Å². The van der Waals surface area contributed by atoms with Crippen molar-refractivity contribution < 1.29 is 9.90 Å². The van der Waals surface area contributed by atoms with Crippen LogP contribution in [0.4, 0.5) is 0 Å². The fourth-order valence-corrected chi connectivity index (χ4v) is 1.84. The number of allylic oxidation sites excluding steroid dienone is 2. The van der Waals surface area contributed by atoms with Crippen LogP contribution >= 0.6 is 0 Å². The van der Waals surface area contributed by atoms with Crippen LogP contribution in [0.2, 0.25) is 0 Å². The number of carbonyl (C=O) groups excluding carboxylic acids is 1. The molecule has 16 heavy (non-hydrogen) atoms. The molecule has 2 aromatic heterocycles. The Hall–Kier alpha value is -2.37. The molecule has 1 unspecified atom stereocenters. The molecule has 0 saturated heterocycles. The van der Waals surface area contributed by atoms with Crippen LogP contribution in [-0.2, 0) is 4.79 Å². The van der Waals surface area contributed by atoms with Crippen LogP contribution in [0, 0.1) is 0 Å². The third-order valence-electron chi connectivity index (χ3n) is 2.64. The Bertz CT molecular complexity index is 554. The summed E-state index contributed by atoms with van der Waals surface area (Å²) in [4.78, 5) is 25.1. The van der Waals surface area contributed by atoms with Gasteiger partial charge in [0.2, 0.25) is 0 Å². The zero-order valence-electron chi connectivity index (χ0n) is 8.14. The second kappa shape index (κ2) is 3.06. The molecule has 3 N–H and O–H groups in total. The number of H-pyrrole nitrogens is 2. The molecule has 0 spiro atoms. The van der Waals surface area contributed by atoms with Crippen molar-refractivity contribution in [2.45, 2.75) is 5.92 Å². The highest BCUT2D eigenvalue weighted by atomic mass is 16.3. The highest BCUT2D eigenvalue weighted by Crippen LogP contribution is 2.41. The van der Waals surface area contributed by atoms with Crippen molar-refractivity contribution in [2.24, 2.45) is 0 Å². The molecule has 0 aliphatic heterocycles. The van der Waals surface area contributed by atoms with E-state index in [0.29, 0.717) is 17.0 Å². The smallest absolute Gasteiger partial charge is 0.185 e. The van der Waals surface area contributed by atoms with Crippen LogP contribution in [0.1, 0.15) is 17.3 Å². The first-order chi connectivity index (χ1) is 7.79. The van der Waals surface area contributed by atoms with E-state index in [1.807, 2.05) is 0 Å². The van der Waals surface area contributed by atoms with Crippen molar-refractivity contribution in [2.75, 3.05) is 0 Å². The van der Waals surface area contributed by atoms with Gasteiger partial charge in [-0.05, 0) is 0 Å². The molecule has 3 rings (SSSR count). The van der Waals surface area contributed by atoms with Crippen molar-refractivity contribution in [3.63, 3.8) is 0 Å². The van der Waals surface area contributed by atoms with Crippen molar-refractivity contribution in [1.82, 2.24) is 19.9 Å². The SMILES string of the molecule is O=C1C(c2cnc[nH]2)=C(O)C1c1cnc[nH]1. The zero-order valence-corrected chi connectivity index (χ0v) is 8.14. The Labute approximate surface area is 90.1 Å². The van der Waals surface area contributed by atoms with Crippen molar-refractivity contribution in [3.05, 3.63) is 42.2 Å². The van der Waals surface area contributed by atoms with Crippen LogP contribution in [-0.4, -0.2) is 30.8 Å². The van der Waals surface area contributed by atoms with E-state index in [2.05, 4.69) is 19.9 Å². The summed E-state index contributed by atoms with van der Waals surface area (Å²) in [6.45, 7) is 0. The first-order valence-electron chi connectivity index (χ1n) is 4.73. The summed E-state index contributed by atoms with van der Waals surface area (Å²) in [7, 11) is 0. The predicted octanol–water partition coefficient (Wildman–Crippen LogP) is 0.768. The lowest BCUT2D eigenvalue weighted by Gasteiger charge is -2.25. The van der Waals surface area contributed by atoms with Crippen LogP contribution in [0.15, 0.2) is 30.8 Å². The van der Waals surface area contributed by atoms with Gasteiger partial charge >= 0.3 is 0 Å². The minimum Gasteiger partial charge on any atom is -0.510 e. The lowest BCUT2D eigenvalue weighted by molar-refractivity contribution is -0.116. The number of aliphatic hydroxyl groups excluding tert-OH is 1. The molecule has 0 bridgehead atoms. The normalized spacial score (nSPS) is 20.0. The standard InChI is InChI=1S/C10H8N4O2/c15-9-7(5-1-11-3-13-5)10(16)8(9)6-2-12-4-14-6/h1-4,7,15H,(H,11,13)(H,12,14). The maximum atomic E-state index is 11.9. The van der Waals surface area contributed by atoms with Gasteiger partial charge in [-0.2, -0.15) is 0 Å². The van der Waals surface area contributed by atoms with E-state index in [4.69, 9.17) is 0 Å². The van der Waals surface area contributed by atoms with Gasteiger partial charge in [0.1, 0.15) is 11.7 Å². The van der Waals surface area contributed by atoms with Gasteiger partial charge in [0, 0.05) is 6.20 Å². The first-order valence-corrected chi connectivity index (χ1v) is 4.73. The lowest BCUT2D eigenvalue weighted by atomic mass is 9.79. The molecule has 2 heterocycles. The average Bonchev–Trinajstić information content (AvgIpc) is 2.91. The van der Waals surface area contributed by atoms with E-state index in [1.165, 1.54) is 25.0 Å². The van der Waals surface area contributed by atoms with E-state index in [1.54, 1.807) is 0 Å². The zero-order chi connectivity index (χ0) is 11.1. The Morgan fingerprint density at radius 2 is 1.94 bits per heavy atom. The summed E-state index contributed by atoms with van der Waals surface area (Å²) < 4.78 is 0. The maximum absolute atomic E-state index is 11.9. The Balaban J connectivity index is 2.02. The number of ketones is 1. The van der Waals surface area contributed by atoms with E-state index in [0.717, 1.165) is 0 Å². The number of hydrogen-bond donors (Lipinski definition) is 3. The molecule has 0 amide bonds. The van der Waals surface area contributed by atoms with Crippen molar-refractivity contribution in [1.29, 1.82) is 0 Å². The summed E-state index contributed by atoms with van der Waals surface area (Å²) in [5.74, 6) is -0.690. The third-order valence-corrected chi connectivity index (χ3v) is 2.64. The van der Waals surface area contributed by atoms with Gasteiger partial charge in [-0.15, -0.1) is 0 Å². The minimum absolute atomic E-state index is 0.0542. The van der Waals surface area contributed by atoms with Crippen molar-refractivity contribution in [3.8, 4) is 0 Å². The van der Waals surface area contributed by atoms with Gasteiger partial charge in [0.25, 0.3) is 0 Å². The highest BCUT2D eigenvalue weighted by Gasteiger charge is 2.42. The van der Waals surface area contributed by atoms with E-state index < -0.39 is 5.92 Å². The number of aromatic amines is 2. The monoisotopic (exact) mass is 216 g/mol. The Morgan fingerprint density at radius 1 is 1.19 bits per heavy atom. The maximum Gasteiger partial charge on any atom is 0.185 e. The quantitative estimate of drug-likeness (QED) is 0.690. The van der Waals surface area contributed by atoms with Gasteiger partial charge in [-0.25, -0.2) is 9.97 Å². The number of aliphatic hydroxyl groups is 1. The van der Waals surface area contributed by atoms with Crippen LogP contribution in [0.5, 0.6) is 0 Å². The largest absolute Gasteiger partial charge is 0.510 e. The van der Waals surface area contributed by atoms with E-state index >= 15 is 0 Å². The minimum atomic E-state index is -0.610. The summed E-state index contributed by atoms with van der Waals surface area (Å²) >= 11 is 0. The van der Waals surface area contributed by atoms with Crippen LogP contribution in [0.3, 0.4) is 0 Å². The number of hydrogen-bond acceptors (Lipinski definition) is 4. The van der Waals surface area contributed by atoms with Crippen LogP contribution < -0.4 is 0 Å². The van der Waals surface area contributed by atoms with Gasteiger partial charge in [0.05, 0.1) is 35.8 Å². The molecule has 6 nitrogen and oxygen atoms in total. The first kappa shape index (κ1) is 8.90. The third kappa shape index (κ3) is 1.04. The summed E-state index contributed by atoms with van der Waals surface area (Å²) in [6.07, 6.45) is 5.98. The molecule has 6 heteroatoms. The summed E-state index contributed by atoms with van der Waals surface area (Å²) in [5, 5.41) is 9.84. The fraction of sp³-hybridized carbons (Fsp3) is 0.100. The predicted molar refractivity (Wildman–Crippen MR) is 54.5 cm³/mol. The molecule has 1 aliphatic carbocycles. The number of imidazole rings is 2. The molecule has 0 saturated carbocycles. The average molecular weight is 216 g/mol. The number of nitrogens with zero attached hydrogens (tertiary/aromatic N) is 2. The molecular weight excluding hydrogens is 208 g/mol. The summed E-state index contributed by atoms with van der Waals surface area (Å²) in [5.41, 5.74) is 1.45. The number of aromatic nitrogens is 4.